The van der Waals surface area contributed by atoms with Crippen LogP contribution in [0.4, 0.5) is 19.1 Å². The van der Waals surface area contributed by atoms with Crippen molar-refractivity contribution >= 4 is 15.7 Å². The van der Waals surface area contributed by atoms with E-state index in [1.54, 1.807) is 0 Å². The number of hydrogen-bond acceptors (Lipinski definition) is 5. The van der Waals surface area contributed by atoms with Crippen LogP contribution in [0.1, 0.15) is 0 Å². The number of halogens is 3. The topological polar surface area (TPSA) is 86.2 Å². The average molecular weight is 292 g/mol. The van der Waals surface area contributed by atoms with E-state index in [-0.39, 0.29) is 11.6 Å². The highest BCUT2D eigenvalue weighted by atomic mass is 32.2. The molecule has 2 N–H and O–H groups in total. The monoisotopic (exact) mass is 292 g/mol. The molecule has 0 fully saturated rings. The molecular weight excluding hydrogens is 285 g/mol. The first-order chi connectivity index (χ1) is 8.71. The number of nitrogens with zero attached hydrogens (tertiary/aromatic N) is 1. The van der Waals surface area contributed by atoms with Crippen molar-refractivity contribution in [2.75, 3.05) is 12.0 Å². The van der Waals surface area contributed by atoms with Crippen LogP contribution in [0.2, 0.25) is 0 Å². The van der Waals surface area contributed by atoms with Gasteiger partial charge >= 0.3 is 0 Å². The summed E-state index contributed by atoms with van der Waals surface area (Å²) in [5.41, 5.74) is 4.38. The van der Waals surface area contributed by atoms with Gasteiger partial charge in [-0.25, -0.2) is 21.6 Å². The second-order valence-electron chi connectivity index (χ2n) is 3.75. The molecule has 2 rings (SSSR count). The third-order valence-corrected chi connectivity index (χ3v) is 3.41. The van der Waals surface area contributed by atoms with Crippen LogP contribution in [0.15, 0.2) is 21.6 Å². The van der Waals surface area contributed by atoms with Gasteiger partial charge in [0.2, 0.25) is 5.88 Å². The van der Waals surface area contributed by atoms with Gasteiger partial charge < -0.3 is 10.3 Å². The van der Waals surface area contributed by atoms with E-state index >= 15 is 0 Å². The Bertz CT molecular complexity index is 756. The van der Waals surface area contributed by atoms with Crippen molar-refractivity contribution in [1.82, 2.24) is 5.16 Å². The minimum Gasteiger partial charge on any atom is -0.368 e. The first-order valence-corrected chi connectivity index (χ1v) is 6.71. The first kappa shape index (κ1) is 13.4. The van der Waals surface area contributed by atoms with E-state index in [0.717, 1.165) is 6.07 Å². The van der Waals surface area contributed by atoms with Crippen molar-refractivity contribution in [3.05, 3.63) is 29.6 Å². The van der Waals surface area contributed by atoms with Gasteiger partial charge in [-0.2, -0.15) is 0 Å². The molecule has 0 saturated carbocycles. The fraction of sp³-hybridized carbons (Fsp3) is 0.100. The summed E-state index contributed by atoms with van der Waals surface area (Å²) in [5, 5.41) is 3.30. The minimum atomic E-state index is -4.24. The quantitative estimate of drug-likeness (QED) is 0.852. The number of rotatable bonds is 2. The molecule has 0 unspecified atom stereocenters. The summed E-state index contributed by atoms with van der Waals surface area (Å²) in [7, 11) is -4.24. The Morgan fingerprint density at radius 2 is 1.84 bits per heavy atom. The van der Waals surface area contributed by atoms with Gasteiger partial charge in [0.15, 0.2) is 21.5 Å². The molecular formula is C10H7F3N2O3S. The first-order valence-electron chi connectivity index (χ1n) is 4.82. The maximum atomic E-state index is 13.7. The van der Waals surface area contributed by atoms with Crippen molar-refractivity contribution in [2.45, 2.75) is 4.90 Å². The van der Waals surface area contributed by atoms with Crippen molar-refractivity contribution < 1.29 is 26.1 Å². The molecule has 0 aliphatic rings. The van der Waals surface area contributed by atoms with Gasteiger partial charge in [-0.15, -0.1) is 0 Å². The van der Waals surface area contributed by atoms with Gasteiger partial charge in [-0.1, -0.05) is 5.16 Å². The highest BCUT2D eigenvalue weighted by Crippen LogP contribution is 2.30. The SMILES string of the molecule is CS(=O)(=O)c1c(F)cc(-c2cc(N)on2)c(F)c1F. The van der Waals surface area contributed by atoms with Gasteiger partial charge in [0.05, 0.1) is 0 Å². The molecule has 0 aliphatic carbocycles. The zero-order valence-electron chi connectivity index (χ0n) is 9.45. The molecule has 19 heavy (non-hydrogen) atoms. The summed E-state index contributed by atoms with van der Waals surface area (Å²) in [6.07, 6.45) is 0.571. The summed E-state index contributed by atoms with van der Waals surface area (Å²) in [4.78, 5) is -1.33. The van der Waals surface area contributed by atoms with Gasteiger partial charge in [0, 0.05) is 17.9 Å². The van der Waals surface area contributed by atoms with Gasteiger partial charge in [0.1, 0.15) is 16.4 Å². The number of benzene rings is 1. The highest BCUT2D eigenvalue weighted by Gasteiger charge is 2.27. The van der Waals surface area contributed by atoms with Crippen molar-refractivity contribution in [3.8, 4) is 11.3 Å². The number of aromatic nitrogens is 1. The van der Waals surface area contributed by atoms with E-state index in [2.05, 4.69) is 9.68 Å². The molecule has 0 aliphatic heterocycles. The van der Waals surface area contributed by atoms with Crippen LogP contribution in [0, 0.1) is 17.5 Å². The summed E-state index contributed by atoms with van der Waals surface area (Å²) in [6.45, 7) is 0. The van der Waals surface area contributed by atoms with E-state index in [9.17, 15) is 21.6 Å². The third-order valence-electron chi connectivity index (χ3n) is 2.29. The van der Waals surface area contributed by atoms with E-state index in [4.69, 9.17) is 5.73 Å². The lowest BCUT2D eigenvalue weighted by Gasteiger charge is -2.06. The Balaban J connectivity index is 2.75. The van der Waals surface area contributed by atoms with E-state index in [1.807, 2.05) is 0 Å². The zero-order chi connectivity index (χ0) is 14.4. The van der Waals surface area contributed by atoms with Gasteiger partial charge in [-0.05, 0) is 6.07 Å². The van der Waals surface area contributed by atoms with Crippen molar-refractivity contribution in [1.29, 1.82) is 0 Å². The molecule has 1 heterocycles. The lowest BCUT2D eigenvalue weighted by molar-refractivity contribution is 0.436. The molecule has 0 amide bonds. The van der Waals surface area contributed by atoms with Gasteiger partial charge in [0.25, 0.3) is 0 Å². The number of anilines is 1. The maximum Gasteiger partial charge on any atom is 0.222 e. The third kappa shape index (κ3) is 2.28. The Kier molecular flexibility index (Phi) is 3.01. The molecule has 1 aromatic carbocycles. The van der Waals surface area contributed by atoms with Crippen LogP contribution in [0.25, 0.3) is 11.3 Å². The molecule has 0 bridgehead atoms. The molecule has 5 nitrogen and oxygen atoms in total. The standard InChI is InChI=1S/C10H7F3N2O3S/c1-19(16,17)10-5(11)2-4(8(12)9(10)13)6-3-7(14)18-15-6/h2-3H,14H2,1H3. The molecule has 0 radical (unpaired) electrons. The summed E-state index contributed by atoms with van der Waals surface area (Å²) in [6, 6.07) is 1.57. The summed E-state index contributed by atoms with van der Waals surface area (Å²) >= 11 is 0. The fourth-order valence-corrected chi connectivity index (χ4v) is 2.35. The predicted molar refractivity (Wildman–Crippen MR) is 59.3 cm³/mol. The smallest absolute Gasteiger partial charge is 0.222 e. The molecule has 1 aromatic heterocycles. The largest absolute Gasteiger partial charge is 0.368 e. The fourth-order valence-electron chi connectivity index (χ4n) is 1.52. The van der Waals surface area contributed by atoms with Gasteiger partial charge in [-0.3, -0.25) is 0 Å². The zero-order valence-corrected chi connectivity index (χ0v) is 10.3. The van der Waals surface area contributed by atoms with Crippen molar-refractivity contribution in [3.63, 3.8) is 0 Å². The average Bonchev–Trinajstić information content (AvgIpc) is 2.68. The molecule has 2 aromatic rings. The van der Waals surface area contributed by atoms with Crippen molar-refractivity contribution in [2.24, 2.45) is 0 Å². The van der Waals surface area contributed by atoms with Crippen LogP contribution in [-0.4, -0.2) is 19.8 Å². The predicted octanol–water partition coefficient (Wildman–Crippen LogP) is 1.74. The lowest BCUT2D eigenvalue weighted by Crippen LogP contribution is -2.07. The van der Waals surface area contributed by atoms with Crippen LogP contribution >= 0.6 is 0 Å². The second kappa shape index (κ2) is 4.26. The minimum absolute atomic E-state index is 0.178. The number of nitrogens with two attached hydrogens (primary N) is 1. The molecule has 0 spiro atoms. The Hall–Kier alpha value is -2.03. The van der Waals surface area contributed by atoms with Crippen LogP contribution < -0.4 is 5.73 Å². The molecule has 9 heteroatoms. The Morgan fingerprint density at radius 3 is 2.32 bits per heavy atom. The Morgan fingerprint density at radius 1 is 1.21 bits per heavy atom. The van der Waals surface area contributed by atoms with E-state index in [1.165, 1.54) is 0 Å². The number of sulfone groups is 1. The molecule has 0 saturated heterocycles. The summed E-state index contributed by atoms with van der Waals surface area (Å²) < 4.78 is 67.8. The van der Waals surface area contributed by atoms with Crippen LogP contribution in [-0.2, 0) is 9.84 Å². The van der Waals surface area contributed by atoms with Crippen LogP contribution in [0.5, 0.6) is 0 Å². The number of nitrogen functional groups attached to an aromatic ring is 1. The molecule has 102 valence electrons. The Labute approximate surface area is 105 Å². The maximum absolute atomic E-state index is 13.7. The number of hydrogen-bond donors (Lipinski definition) is 1. The normalized spacial score (nSPS) is 11.8. The summed E-state index contributed by atoms with van der Waals surface area (Å²) in [5.74, 6) is -4.95. The second-order valence-corrected chi connectivity index (χ2v) is 5.70. The van der Waals surface area contributed by atoms with E-state index < -0.39 is 37.7 Å². The van der Waals surface area contributed by atoms with Crippen LogP contribution in [0.3, 0.4) is 0 Å². The van der Waals surface area contributed by atoms with E-state index in [0.29, 0.717) is 12.3 Å². The highest BCUT2D eigenvalue weighted by molar-refractivity contribution is 7.90. The molecule has 0 atom stereocenters. The lowest BCUT2D eigenvalue weighted by atomic mass is 10.1.